The molecule has 30 heavy (non-hydrogen) atoms. The molecule has 0 radical (unpaired) electrons. The van der Waals surface area contributed by atoms with Gasteiger partial charge in [0.1, 0.15) is 18.1 Å². The largest absolute Gasteiger partial charge is 0.496 e. The van der Waals surface area contributed by atoms with Crippen LogP contribution in [0.5, 0.6) is 11.5 Å². The van der Waals surface area contributed by atoms with Crippen molar-refractivity contribution < 1.29 is 14.3 Å². The summed E-state index contributed by atoms with van der Waals surface area (Å²) in [6.45, 7) is 0.281. The first-order valence-electron chi connectivity index (χ1n) is 9.48. The fourth-order valence-electron chi connectivity index (χ4n) is 3.19. The Bertz CT molecular complexity index is 1190. The summed E-state index contributed by atoms with van der Waals surface area (Å²) in [5.41, 5.74) is 1.98. The maximum Gasteiger partial charge on any atom is 0.255 e. The molecule has 0 fully saturated rings. The first-order valence-corrected chi connectivity index (χ1v) is 9.85. The van der Waals surface area contributed by atoms with Gasteiger partial charge in [-0.15, -0.1) is 0 Å². The zero-order chi connectivity index (χ0) is 20.9. The first-order chi connectivity index (χ1) is 14.6. The Labute approximate surface area is 180 Å². The van der Waals surface area contributed by atoms with E-state index in [0.29, 0.717) is 22.0 Å². The minimum Gasteiger partial charge on any atom is -0.496 e. The second-order valence-corrected chi connectivity index (χ2v) is 7.22. The summed E-state index contributed by atoms with van der Waals surface area (Å²) >= 11 is 5.90. The molecule has 4 rings (SSSR count). The maximum absolute atomic E-state index is 12.6. The van der Waals surface area contributed by atoms with Crippen LogP contribution in [0, 0.1) is 0 Å². The molecule has 5 heteroatoms. The third-order valence-electron chi connectivity index (χ3n) is 4.76. The highest BCUT2D eigenvalue weighted by Gasteiger charge is 2.12. The van der Waals surface area contributed by atoms with Crippen LogP contribution in [0.3, 0.4) is 0 Å². The van der Waals surface area contributed by atoms with Crippen molar-refractivity contribution in [1.82, 2.24) is 0 Å². The number of carbonyl (C=O) groups is 1. The number of anilines is 1. The summed E-state index contributed by atoms with van der Waals surface area (Å²) in [5.74, 6) is 1.21. The van der Waals surface area contributed by atoms with Gasteiger partial charge in [0, 0.05) is 21.8 Å². The molecule has 0 saturated carbocycles. The van der Waals surface area contributed by atoms with Crippen molar-refractivity contribution in [3.63, 3.8) is 0 Å². The quantitative estimate of drug-likeness (QED) is 0.398. The maximum atomic E-state index is 12.6. The Morgan fingerprint density at radius 2 is 1.67 bits per heavy atom. The van der Waals surface area contributed by atoms with Crippen LogP contribution in [0.4, 0.5) is 5.69 Å². The molecular weight excluding hydrogens is 398 g/mol. The Morgan fingerprint density at radius 3 is 2.43 bits per heavy atom. The number of nitrogens with one attached hydrogen (secondary N) is 1. The molecule has 0 atom stereocenters. The highest BCUT2D eigenvalue weighted by atomic mass is 35.5. The van der Waals surface area contributed by atoms with E-state index < -0.39 is 0 Å². The van der Waals surface area contributed by atoms with Gasteiger partial charge in [-0.1, -0.05) is 41.9 Å². The molecule has 0 aliphatic rings. The lowest BCUT2D eigenvalue weighted by molar-refractivity contribution is 0.102. The number of hydrogen-bond acceptors (Lipinski definition) is 3. The molecule has 0 spiro atoms. The fraction of sp³-hybridized carbons (Fsp3) is 0.0800. The predicted molar refractivity (Wildman–Crippen MR) is 121 cm³/mol. The van der Waals surface area contributed by atoms with Crippen LogP contribution in [0.15, 0.2) is 84.9 Å². The number of benzene rings is 4. The fourth-order valence-corrected chi connectivity index (χ4v) is 3.31. The van der Waals surface area contributed by atoms with Gasteiger partial charge in [-0.05, 0) is 65.4 Å². The number of methoxy groups -OCH3 is 1. The molecule has 0 aliphatic heterocycles. The Hall–Kier alpha value is -3.50. The number of hydrogen-bond donors (Lipinski definition) is 1. The summed E-state index contributed by atoms with van der Waals surface area (Å²) in [4.78, 5) is 12.6. The van der Waals surface area contributed by atoms with E-state index in [9.17, 15) is 4.79 Å². The van der Waals surface area contributed by atoms with Crippen molar-refractivity contribution in [2.45, 2.75) is 6.61 Å². The highest BCUT2D eigenvalue weighted by molar-refractivity contribution is 6.30. The van der Waals surface area contributed by atoms with Crippen LogP contribution in [0.1, 0.15) is 15.9 Å². The molecule has 4 aromatic carbocycles. The lowest BCUT2D eigenvalue weighted by Gasteiger charge is -2.13. The summed E-state index contributed by atoms with van der Waals surface area (Å²) in [6.07, 6.45) is 0. The molecular formula is C25H20ClNO3. The predicted octanol–water partition coefficient (Wildman–Crippen LogP) is 6.33. The smallest absolute Gasteiger partial charge is 0.255 e. The zero-order valence-corrected chi connectivity index (χ0v) is 17.1. The van der Waals surface area contributed by atoms with Gasteiger partial charge in [-0.25, -0.2) is 0 Å². The van der Waals surface area contributed by atoms with Crippen LogP contribution >= 0.6 is 11.6 Å². The van der Waals surface area contributed by atoms with Crippen molar-refractivity contribution in [2.24, 2.45) is 0 Å². The number of halogens is 1. The van der Waals surface area contributed by atoms with Crippen molar-refractivity contribution in [3.05, 3.63) is 101 Å². The zero-order valence-electron chi connectivity index (χ0n) is 16.4. The van der Waals surface area contributed by atoms with E-state index in [1.165, 1.54) is 0 Å². The molecule has 150 valence electrons. The summed E-state index contributed by atoms with van der Waals surface area (Å²) in [5, 5.41) is 5.75. The average molecular weight is 418 g/mol. The second kappa shape index (κ2) is 8.89. The third-order valence-corrected chi connectivity index (χ3v) is 5.01. The number of ether oxygens (including phenoxy) is 2. The second-order valence-electron chi connectivity index (χ2n) is 6.79. The minimum atomic E-state index is -0.216. The summed E-state index contributed by atoms with van der Waals surface area (Å²) in [6, 6.07) is 26.3. The molecule has 0 aromatic heterocycles. The first kappa shape index (κ1) is 19.8. The van der Waals surface area contributed by atoms with E-state index in [1.807, 2.05) is 36.4 Å². The minimum absolute atomic E-state index is 0.216. The van der Waals surface area contributed by atoms with Gasteiger partial charge in [-0.2, -0.15) is 0 Å². The summed E-state index contributed by atoms with van der Waals surface area (Å²) < 4.78 is 11.4. The van der Waals surface area contributed by atoms with E-state index >= 15 is 0 Å². The van der Waals surface area contributed by atoms with Crippen LogP contribution in [0.2, 0.25) is 5.02 Å². The average Bonchev–Trinajstić information content (AvgIpc) is 2.78. The molecule has 0 saturated heterocycles. The standard InChI is InChI=1S/C25H20ClNO3/c1-29-24-13-7-19(25(28)27-22-10-8-21(26)9-11-22)14-20(24)16-30-23-12-6-17-4-2-3-5-18(17)15-23/h2-15H,16H2,1H3,(H,27,28). The van der Waals surface area contributed by atoms with Crippen molar-refractivity contribution in [1.29, 1.82) is 0 Å². The van der Waals surface area contributed by atoms with Gasteiger partial charge in [-0.3, -0.25) is 4.79 Å². The number of amides is 1. The molecule has 0 aliphatic carbocycles. The third kappa shape index (κ3) is 4.56. The number of fused-ring (bicyclic) bond motifs is 1. The van der Waals surface area contributed by atoms with Crippen molar-refractivity contribution >= 4 is 34.0 Å². The van der Waals surface area contributed by atoms with Gasteiger partial charge in [0.2, 0.25) is 0 Å². The van der Waals surface area contributed by atoms with E-state index in [2.05, 4.69) is 11.4 Å². The van der Waals surface area contributed by atoms with Gasteiger partial charge in [0.15, 0.2) is 0 Å². The molecule has 1 N–H and O–H groups in total. The van der Waals surface area contributed by atoms with Crippen LogP contribution < -0.4 is 14.8 Å². The summed E-state index contributed by atoms with van der Waals surface area (Å²) in [7, 11) is 1.60. The number of rotatable bonds is 6. The van der Waals surface area contributed by atoms with E-state index in [0.717, 1.165) is 22.1 Å². The molecule has 4 nitrogen and oxygen atoms in total. The highest BCUT2D eigenvalue weighted by Crippen LogP contribution is 2.25. The molecule has 0 heterocycles. The van der Waals surface area contributed by atoms with E-state index in [1.54, 1.807) is 49.6 Å². The lowest BCUT2D eigenvalue weighted by Crippen LogP contribution is -2.12. The normalized spacial score (nSPS) is 10.6. The van der Waals surface area contributed by atoms with Gasteiger partial charge >= 0.3 is 0 Å². The SMILES string of the molecule is COc1ccc(C(=O)Nc2ccc(Cl)cc2)cc1COc1ccc2ccccc2c1. The van der Waals surface area contributed by atoms with Gasteiger partial charge in [0.05, 0.1) is 7.11 Å². The van der Waals surface area contributed by atoms with Crippen LogP contribution in [-0.4, -0.2) is 13.0 Å². The molecule has 1 amide bonds. The van der Waals surface area contributed by atoms with Gasteiger partial charge in [0.25, 0.3) is 5.91 Å². The Morgan fingerprint density at radius 1 is 0.900 bits per heavy atom. The lowest BCUT2D eigenvalue weighted by atomic mass is 10.1. The number of carbonyl (C=O) groups excluding carboxylic acids is 1. The Balaban J connectivity index is 1.51. The molecule has 0 unspecified atom stereocenters. The van der Waals surface area contributed by atoms with E-state index in [4.69, 9.17) is 21.1 Å². The van der Waals surface area contributed by atoms with Crippen LogP contribution in [-0.2, 0) is 6.61 Å². The molecule has 0 bridgehead atoms. The van der Waals surface area contributed by atoms with Crippen molar-refractivity contribution in [2.75, 3.05) is 12.4 Å². The van der Waals surface area contributed by atoms with E-state index in [-0.39, 0.29) is 12.5 Å². The topological polar surface area (TPSA) is 47.6 Å². The molecule has 4 aromatic rings. The van der Waals surface area contributed by atoms with Gasteiger partial charge < -0.3 is 14.8 Å². The Kier molecular flexibility index (Phi) is 5.87. The van der Waals surface area contributed by atoms with Crippen LogP contribution in [0.25, 0.3) is 10.8 Å². The van der Waals surface area contributed by atoms with Crippen molar-refractivity contribution in [3.8, 4) is 11.5 Å². The monoisotopic (exact) mass is 417 g/mol.